The van der Waals surface area contributed by atoms with E-state index in [4.69, 9.17) is 0 Å². The van der Waals surface area contributed by atoms with E-state index in [1.54, 1.807) is 19.2 Å². The Labute approximate surface area is 116 Å². The van der Waals surface area contributed by atoms with Gasteiger partial charge in [0.25, 0.3) is 5.69 Å². The van der Waals surface area contributed by atoms with Crippen LogP contribution in [0.15, 0.2) is 24.7 Å². The Bertz CT molecular complexity index is 609. The van der Waals surface area contributed by atoms with E-state index >= 15 is 0 Å². The second-order valence-corrected chi connectivity index (χ2v) is 4.43. The molecule has 0 aromatic carbocycles. The number of pyridine rings is 1. The van der Waals surface area contributed by atoms with Crippen LogP contribution in [-0.4, -0.2) is 26.0 Å². The van der Waals surface area contributed by atoms with Gasteiger partial charge in [0, 0.05) is 37.5 Å². The lowest BCUT2D eigenvalue weighted by atomic mass is 10.2. The van der Waals surface area contributed by atoms with Crippen molar-refractivity contribution in [2.45, 2.75) is 26.8 Å². The quantitative estimate of drug-likeness (QED) is 0.645. The average Bonchev–Trinajstić information content (AvgIpc) is 2.86. The normalized spacial score (nSPS) is 10.5. The lowest BCUT2D eigenvalue weighted by Gasteiger charge is -2.09. The SMILES string of the molecule is CCc1nccn1CCNc1cc(C)c([N+](=O)[O-])cn1. The number of nitrogens with zero attached hydrogens (tertiary/aromatic N) is 4. The number of hydrogen-bond acceptors (Lipinski definition) is 5. The van der Waals surface area contributed by atoms with Gasteiger partial charge in [-0.3, -0.25) is 10.1 Å². The molecule has 0 atom stereocenters. The summed E-state index contributed by atoms with van der Waals surface area (Å²) >= 11 is 0. The smallest absolute Gasteiger partial charge is 0.290 e. The minimum atomic E-state index is -0.425. The van der Waals surface area contributed by atoms with Crippen LogP contribution in [0.25, 0.3) is 0 Å². The Hall–Kier alpha value is -2.44. The van der Waals surface area contributed by atoms with Crippen LogP contribution in [0.3, 0.4) is 0 Å². The predicted octanol–water partition coefficient (Wildman–Crippen LogP) is 2.17. The Balaban J connectivity index is 1.95. The van der Waals surface area contributed by atoms with Gasteiger partial charge in [-0.25, -0.2) is 9.97 Å². The first-order valence-corrected chi connectivity index (χ1v) is 6.46. The molecule has 0 fully saturated rings. The summed E-state index contributed by atoms with van der Waals surface area (Å²) in [5, 5.41) is 13.9. The van der Waals surface area contributed by atoms with E-state index in [0.29, 0.717) is 17.9 Å². The molecule has 0 aliphatic carbocycles. The number of imidazole rings is 1. The highest BCUT2D eigenvalue weighted by molar-refractivity contribution is 5.46. The summed E-state index contributed by atoms with van der Waals surface area (Å²) < 4.78 is 2.07. The summed E-state index contributed by atoms with van der Waals surface area (Å²) in [4.78, 5) is 18.6. The molecule has 20 heavy (non-hydrogen) atoms. The van der Waals surface area contributed by atoms with Crippen LogP contribution in [0.4, 0.5) is 11.5 Å². The van der Waals surface area contributed by atoms with Gasteiger partial charge in [0.1, 0.15) is 17.8 Å². The van der Waals surface area contributed by atoms with Crippen molar-refractivity contribution >= 4 is 11.5 Å². The average molecular weight is 275 g/mol. The van der Waals surface area contributed by atoms with E-state index in [0.717, 1.165) is 18.8 Å². The van der Waals surface area contributed by atoms with Crippen molar-refractivity contribution in [3.05, 3.63) is 46.2 Å². The molecular weight excluding hydrogens is 258 g/mol. The molecule has 2 rings (SSSR count). The van der Waals surface area contributed by atoms with Crippen LogP contribution in [0.5, 0.6) is 0 Å². The zero-order chi connectivity index (χ0) is 14.5. The minimum Gasteiger partial charge on any atom is -0.368 e. The van der Waals surface area contributed by atoms with Gasteiger partial charge in [-0.05, 0) is 13.0 Å². The minimum absolute atomic E-state index is 0.0402. The van der Waals surface area contributed by atoms with E-state index in [1.807, 2.05) is 6.20 Å². The maximum absolute atomic E-state index is 10.7. The monoisotopic (exact) mass is 275 g/mol. The summed E-state index contributed by atoms with van der Waals surface area (Å²) in [6.45, 7) is 5.23. The molecule has 0 unspecified atom stereocenters. The summed E-state index contributed by atoms with van der Waals surface area (Å²) in [5.74, 6) is 1.69. The van der Waals surface area contributed by atoms with Gasteiger partial charge in [-0.2, -0.15) is 0 Å². The molecule has 2 aromatic heterocycles. The van der Waals surface area contributed by atoms with Gasteiger partial charge in [0.2, 0.25) is 0 Å². The number of hydrogen-bond donors (Lipinski definition) is 1. The predicted molar refractivity (Wildman–Crippen MR) is 75.7 cm³/mol. The van der Waals surface area contributed by atoms with Crippen LogP contribution < -0.4 is 5.32 Å². The fraction of sp³-hybridized carbons (Fsp3) is 0.385. The van der Waals surface area contributed by atoms with Crippen LogP contribution in [0.1, 0.15) is 18.3 Å². The fourth-order valence-corrected chi connectivity index (χ4v) is 2.00. The highest BCUT2D eigenvalue weighted by Gasteiger charge is 2.11. The molecule has 106 valence electrons. The Morgan fingerprint density at radius 1 is 1.45 bits per heavy atom. The van der Waals surface area contributed by atoms with Gasteiger partial charge in [0.15, 0.2) is 0 Å². The van der Waals surface area contributed by atoms with Crippen LogP contribution >= 0.6 is 0 Å². The maximum atomic E-state index is 10.7. The summed E-state index contributed by atoms with van der Waals surface area (Å²) in [7, 11) is 0. The maximum Gasteiger partial charge on any atom is 0.290 e. The molecule has 0 bridgehead atoms. The third-order valence-electron chi connectivity index (χ3n) is 3.06. The molecule has 2 heterocycles. The van der Waals surface area contributed by atoms with Crippen molar-refractivity contribution in [2.24, 2.45) is 0 Å². The van der Waals surface area contributed by atoms with Crippen molar-refractivity contribution in [3.63, 3.8) is 0 Å². The van der Waals surface area contributed by atoms with Crippen molar-refractivity contribution in [1.29, 1.82) is 0 Å². The fourth-order valence-electron chi connectivity index (χ4n) is 2.00. The second kappa shape index (κ2) is 6.14. The third-order valence-corrected chi connectivity index (χ3v) is 3.06. The molecule has 0 aliphatic rings. The summed E-state index contributed by atoms with van der Waals surface area (Å²) in [5.41, 5.74) is 0.641. The standard InChI is InChI=1S/C13H17N5O2/c1-3-13-15-5-7-17(13)6-4-14-12-8-10(2)11(9-16-12)18(19)20/h5,7-9H,3-4,6H2,1-2H3,(H,14,16). The molecule has 0 spiro atoms. The molecule has 0 saturated carbocycles. The lowest BCUT2D eigenvalue weighted by Crippen LogP contribution is -2.13. The zero-order valence-electron chi connectivity index (χ0n) is 11.5. The molecule has 2 aromatic rings. The van der Waals surface area contributed by atoms with Gasteiger partial charge < -0.3 is 9.88 Å². The molecular formula is C13H17N5O2. The van der Waals surface area contributed by atoms with Crippen molar-refractivity contribution in [1.82, 2.24) is 14.5 Å². The van der Waals surface area contributed by atoms with E-state index in [-0.39, 0.29) is 5.69 Å². The largest absolute Gasteiger partial charge is 0.368 e. The van der Waals surface area contributed by atoms with Crippen LogP contribution in [0, 0.1) is 17.0 Å². The second-order valence-electron chi connectivity index (χ2n) is 4.43. The first-order chi connectivity index (χ1) is 9.61. The van der Waals surface area contributed by atoms with Gasteiger partial charge in [-0.1, -0.05) is 6.92 Å². The topological polar surface area (TPSA) is 85.9 Å². The van der Waals surface area contributed by atoms with Crippen LogP contribution in [0.2, 0.25) is 0 Å². The number of rotatable bonds is 6. The van der Waals surface area contributed by atoms with Gasteiger partial charge in [0.05, 0.1) is 4.92 Å². The molecule has 0 aliphatic heterocycles. The Morgan fingerprint density at radius 2 is 2.25 bits per heavy atom. The van der Waals surface area contributed by atoms with E-state index in [2.05, 4.69) is 26.8 Å². The molecule has 1 N–H and O–H groups in total. The molecule has 0 radical (unpaired) electrons. The zero-order valence-corrected chi connectivity index (χ0v) is 11.5. The number of nitrogens with one attached hydrogen (secondary N) is 1. The molecule has 0 amide bonds. The number of nitro groups is 1. The van der Waals surface area contributed by atoms with E-state index < -0.39 is 4.92 Å². The highest BCUT2D eigenvalue weighted by atomic mass is 16.6. The third kappa shape index (κ3) is 3.11. The number of aryl methyl sites for hydroxylation is 2. The van der Waals surface area contributed by atoms with Crippen molar-refractivity contribution in [3.8, 4) is 0 Å². The molecule has 7 heteroatoms. The summed E-state index contributed by atoms with van der Waals surface area (Å²) in [6, 6.07) is 1.69. The Kier molecular flexibility index (Phi) is 4.29. The van der Waals surface area contributed by atoms with Gasteiger partial charge >= 0.3 is 0 Å². The van der Waals surface area contributed by atoms with Crippen LogP contribution in [-0.2, 0) is 13.0 Å². The number of aromatic nitrogens is 3. The molecule has 0 saturated heterocycles. The molecule has 7 nitrogen and oxygen atoms in total. The number of anilines is 1. The Morgan fingerprint density at radius 3 is 2.90 bits per heavy atom. The first-order valence-electron chi connectivity index (χ1n) is 6.46. The van der Waals surface area contributed by atoms with E-state index in [1.165, 1.54) is 6.20 Å². The van der Waals surface area contributed by atoms with Crippen molar-refractivity contribution in [2.75, 3.05) is 11.9 Å². The van der Waals surface area contributed by atoms with Crippen molar-refractivity contribution < 1.29 is 4.92 Å². The first kappa shape index (κ1) is 14.0. The highest BCUT2D eigenvalue weighted by Crippen LogP contribution is 2.18. The summed E-state index contributed by atoms with van der Waals surface area (Å²) in [6.07, 6.45) is 5.90. The van der Waals surface area contributed by atoms with E-state index in [9.17, 15) is 10.1 Å². The lowest BCUT2D eigenvalue weighted by molar-refractivity contribution is -0.385. The van der Waals surface area contributed by atoms with Gasteiger partial charge in [-0.15, -0.1) is 0 Å².